The van der Waals surface area contributed by atoms with Crippen molar-refractivity contribution in [3.05, 3.63) is 59.9 Å². The zero-order valence-electron chi connectivity index (χ0n) is 16.4. The van der Waals surface area contributed by atoms with Crippen LogP contribution in [0.25, 0.3) is 0 Å². The molecule has 1 aromatic carbocycles. The normalized spacial score (nSPS) is 18.7. The summed E-state index contributed by atoms with van der Waals surface area (Å²) in [6.07, 6.45) is 13.0. The molecule has 2 saturated carbocycles. The Morgan fingerprint density at radius 1 is 0.889 bits per heavy atom. The van der Waals surface area contributed by atoms with E-state index in [2.05, 4.69) is 58.1 Å². The maximum Gasteiger partial charge on any atom is 0.226 e. The number of rotatable bonds is 6. The number of carbonyl (C=O) groups is 1. The molecule has 4 rings (SSSR count). The van der Waals surface area contributed by atoms with Crippen molar-refractivity contribution in [3.8, 4) is 0 Å². The summed E-state index contributed by atoms with van der Waals surface area (Å²) in [5.41, 5.74) is 2.57. The van der Waals surface area contributed by atoms with Gasteiger partial charge in [0.05, 0.1) is 6.54 Å². The molecule has 2 aliphatic carbocycles. The molecule has 0 unspecified atom stereocenters. The maximum absolute atomic E-state index is 13.4. The van der Waals surface area contributed by atoms with Crippen molar-refractivity contribution in [3.63, 3.8) is 0 Å². The number of benzene rings is 1. The van der Waals surface area contributed by atoms with Gasteiger partial charge in [-0.15, -0.1) is 0 Å². The first-order valence-corrected chi connectivity index (χ1v) is 10.8. The molecular formula is C24H32N2O. The van der Waals surface area contributed by atoms with Crippen molar-refractivity contribution in [1.29, 1.82) is 0 Å². The lowest BCUT2D eigenvalue weighted by Gasteiger charge is -2.36. The highest BCUT2D eigenvalue weighted by atomic mass is 16.2. The van der Waals surface area contributed by atoms with Crippen LogP contribution in [0.15, 0.2) is 48.7 Å². The van der Waals surface area contributed by atoms with Gasteiger partial charge in [0, 0.05) is 30.4 Å². The molecule has 0 spiro atoms. The third-order valence-corrected chi connectivity index (χ3v) is 6.45. The number of aromatic nitrogens is 1. The summed E-state index contributed by atoms with van der Waals surface area (Å²) in [7, 11) is 0. The van der Waals surface area contributed by atoms with Crippen molar-refractivity contribution in [2.75, 3.05) is 0 Å². The number of carbonyl (C=O) groups excluding carboxylic acids is 1. The van der Waals surface area contributed by atoms with Gasteiger partial charge in [0.1, 0.15) is 0 Å². The number of hydrogen-bond acceptors (Lipinski definition) is 1. The molecule has 0 N–H and O–H groups in total. The highest BCUT2D eigenvalue weighted by molar-refractivity contribution is 5.79. The van der Waals surface area contributed by atoms with Crippen LogP contribution < -0.4 is 0 Å². The molecule has 0 atom stereocenters. The minimum Gasteiger partial charge on any atom is -0.345 e. The van der Waals surface area contributed by atoms with Crippen LogP contribution in [0.2, 0.25) is 0 Å². The Hall–Kier alpha value is -2.03. The Morgan fingerprint density at radius 2 is 1.59 bits per heavy atom. The van der Waals surface area contributed by atoms with Crippen LogP contribution in [0.1, 0.15) is 69.0 Å². The van der Waals surface area contributed by atoms with E-state index in [4.69, 9.17) is 0 Å². The van der Waals surface area contributed by atoms with Crippen LogP contribution in [-0.2, 0) is 17.9 Å². The summed E-state index contributed by atoms with van der Waals surface area (Å²) >= 11 is 0. The van der Waals surface area contributed by atoms with Gasteiger partial charge in [-0.2, -0.15) is 0 Å². The second-order valence-electron chi connectivity index (χ2n) is 8.35. The fourth-order valence-electron chi connectivity index (χ4n) is 4.89. The summed E-state index contributed by atoms with van der Waals surface area (Å²) in [5.74, 6) is 0.691. The predicted molar refractivity (Wildman–Crippen MR) is 109 cm³/mol. The van der Waals surface area contributed by atoms with Crippen molar-refractivity contribution in [2.24, 2.45) is 5.92 Å². The highest BCUT2D eigenvalue weighted by Crippen LogP contribution is 2.31. The first kappa shape index (κ1) is 18.3. The van der Waals surface area contributed by atoms with Gasteiger partial charge in [-0.05, 0) is 43.4 Å². The van der Waals surface area contributed by atoms with Gasteiger partial charge < -0.3 is 9.47 Å². The molecule has 0 bridgehead atoms. The average molecular weight is 365 g/mol. The largest absolute Gasteiger partial charge is 0.345 e. The Morgan fingerprint density at radius 3 is 2.33 bits per heavy atom. The molecule has 2 aliphatic rings. The van der Waals surface area contributed by atoms with Gasteiger partial charge >= 0.3 is 0 Å². The van der Waals surface area contributed by atoms with Crippen molar-refractivity contribution >= 4 is 5.91 Å². The topological polar surface area (TPSA) is 25.2 Å². The fourth-order valence-corrected chi connectivity index (χ4v) is 4.89. The highest BCUT2D eigenvalue weighted by Gasteiger charge is 2.32. The number of hydrogen-bond donors (Lipinski definition) is 0. The molecule has 2 fully saturated rings. The lowest BCUT2D eigenvalue weighted by atomic mass is 9.92. The molecule has 27 heavy (non-hydrogen) atoms. The summed E-state index contributed by atoms with van der Waals surface area (Å²) in [6, 6.07) is 15.3. The zero-order chi connectivity index (χ0) is 18.5. The van der Waals surface area contributed by atoms with E-state index >= 15 is 0 Å². The number of nitrogens with zero attached hydrogens (tertiary/aromatic N) is 2. The summed E-state index contributed by atoms with van der Waals surface area (Å²) in [4.78, 5) is 15.6. The van der Waals surface area contributed by atoms with E-state index in [9.17, 15) is 4.79 Å². The molecule has 1 heterocycles. The molecule has 0 radical (unpaired) electrons. The third kappa shape index (κ3) is 4.45. The lowest BCUT2D eigenvalue weighted by molar-refractivity contribution is -0.139. The van der Waals surface area contributed by atoms with E-state index < -0.39 is 0 Å². The molecular weight excluding hydrogens is 332 g/mol. The minimum absolute atomic E-state index is 0.268. The van der Waals surface area contributed by atoms with Gasteiger partial charge in [0.2, 0.25) is 5.91 Å². The standard InChI is InChI=1S/C24H32N2O/c27-24(21-12-7-8-13-21)26(22-14-5-2-6-15-22)19-23-16-9-17-25(23)18-20-10-3-1-4-11-20/h1,3-4,9-11,16-17,21-22H,2,5-8,12-15,18-19H2. The Kier molecular flexibility index (Phi) is 5.96. The second-order valence-corrected chi connectivity index (χ2v) is 8.35. The fraction of sp³-hybridized carbons (Fsp3) is 0.542. The van der Waals surface area contributed by atoms with Crippen LogP contribution in [0, 0.1) is 5.92 Å². The first-order valence-electron chi connectivity index (χ1n) is 10.8. The van der Waals surface area contributed by atoms with Gasteiger partial charge in [-0.1, -0.05) is 62.4 Å². The Labute approximate surface area is 163 Å². The molecule has 0 saturated heterocycles. The zero-order valence-corrected chi connectivity index (χ0v) is 16.4. The van der Waals surface area contributed by atoms with Gasteiger partial charge in [-0.3, -0.25) is 4.79 Å². The molecule has 0 aliphatic heterocycles. The van der Waals surface area contributed by atoms with Crippen molar-refractivity contribution in [1.82, 2.24) is 9.47 Å². The van der Waals surface area contributed by atoms with Crippen LogP contribution >= 0.6 is 0 Å². The summed E-state index contributed by atoms with van der Waals surface area (Å²) in [5, 5.41) is 0. The quantitative estimate of drug-likeness (QED) is 0.675. The van der Waals surface area contributed by atoms with Crippen LogP contribution in [0.4, 0.5) is 0 Å². The smallest absolute Gasteiger partial charge is 0.226 e. The lowest BCUT2D eigenvalue weighted by Crippen LogP contribution is -2.44. The second kappa shape index (κ2) is 8.77. The van der Waals surface area contributed by atoms with Crippen molar-refractivity contribution < 1.29 is 4.79 Å². The molecule has 2 aromatic rings. The molecule has 3 nitrogen and oxygen atoms in total. The van der Waals surface area contributed by atoms with Crippen LogP contribution in [-0.4, -0.2) is 21.4 Å². The minimum atomic E-state index is 0.268. The monoisotopic (exact) mass is 364 g/mol. The number of amides is 1. The molecule has 144 valence electrons. The molecule has 1 amide bonds. The van der Waals surface area contributed by atoms with E-state index in [0.717, 1.165) is 25.9 Å². The van der Waals surface area contributed by atoms with E-state index in [0.29, 0.717) is 11.9 Å². The molecule has 3 heteroatoms. The summed E-state index contributed by atoms with van der Waals surface area (Å²) in [6.45, 7) is 1.64. The van der Waals surface area contributed by atoms with E-state index in [1.165, 1.54) is 56.2 Å². The SMILES string of the molecule is O=C(C1CCCC1)N(Cc1cccn1Cc1ccccc1)C1CCCCC1. The Balaban J connectivity index is 1.52. The Bertz CT molecular complexity index is 724. The van der Waals surface area contributed by atoms with Crippen LogP contribution in [0.5, 0.6) is 0 Å². The summed E-state index contributed by atoms with van der Waals surface area (Å²) < 4.78 is 2.31. The van der Waals surface area contributed by atoms with Gasteiger partial charge in [-0.25, -0.2) is 0 Å². The predicted octanol–water partition coefficient (Wildman–Crippen LogP) is 5.39. The van der Waals surface area contributed by atoms with Gasteiger partial charge in [0.25, 0.3) is 0 Å². The van der Waals surface area contributed by atoms with E-state index in [1.807, 2.05) is 0 Å². The first-order chi connectivity index (χ1) is 13.3. The van der Waals surface area contributed by atoms with Gasteiger partial charge in [0.15, 0.2) is 0 Å². The van der Waals surface area contributed by atoms with Crippen LogP contribution in [0.3, 0.4) is 0 Å². The van der Waals surface area contributed by atoms with E-state index in [-0.39, 0.29) is 5.92 Å². The van der Waals surface area contributed by atoms with Crippen molar-refractivity contribution in [2.45, 2.75) is 76.9 Å². The maximum atomic E-state index is 13.4. The van der Waals surface area contributed by atoms with E-state index in [1.54, 1.807) is 0 Å². The molecule has 1 aromatic heterocycles. The third-order valence-electron chi connectivity index (χ3n) is 6.45. The average Bonchev–Trinajstić information content (AvgIpc) is 3.40.